The molecule has 0 aliphatic carbocycles. The molecule has 0 aromatic heterocycles. The lowest BCUT2D eigenvalue weighted by atomic mass is 10.1. The number of hydrogen-bond acceptors (Lipinski definition) is 6. The molecule has 7 nitrogen and oxygen atoms in total. The molecule has 0 aromatic rings. The zero-order valence-electron chi connectivity index (χ0n) is 14.4. The number of Topliss-reactive ketones (excluding diaryl/α,β-unsaturated/α-hetero) is 1. The van der Waals surface area contributed by atoms with Crippen LogP contribution in [-0.2, 0) is 23.9 Å². The Labute approximate surface area is 137 Å². The van der Waals surface area contributed by atoms with Crippen LogP contribution in [0.25, 0.3) is 0 Å². The minimum Gasteiger partial charge on any atom is -0.461 e. The van der Waals surface area contributed by atoms with E-state index in [2.05, 4.69) is 5.32 Å². The number of carbonyl (C=O) groups is 3. The van der Waals surface area contributed by atoms with Crippen LogP contribution in [0, 0.1) is 5.41 Å². The van der Waals surface area contributed by atoms with Gasteiger partial charge in [0.25, 0.3) is 0 Å². The highest BCUT2D eigenvalue weighted by Gasteiger charge is 2.27. The number of ketones is 1. The van der Waals surface area contributed by atoms with Gasteiger partial charge in [0.2, 0.25) is 5.91 Å². The van der Waals surface area contributed by atoms with Crippen molar-refractivity contribution in [3.8, 4) is 0 Å². The Bertz CT molecular complexity index is 403. The van der Waals surface area contributed by atoms with Crippen LogP contribution in [0.5, 0.6) is 0 Å². The number of nitrogens with one attached hydrogen (secondary N) is 2. The highest BCUT2D eigenvalue weighted by atomic mass is 16.5. The smallest absolute Gasteiger partial charge is 0.328 e. The number of ether oxygens (including phenoxy) is 2. The van der Waals surface area contributed by atoms with Gasteiger partial charge in [0.15, 0.2) is 5.78 Å². The van der Waals surface area contributed by atoms with Crippen molar-refractivity contribution in [1.82, 2.24) is 5.32 Å². The van der Waals surface area contributed by atoms with Crippen molar-refractivity contribution >= 4 is 23.9 Å². The van der Waals surface area contributed by atoms with Gasteiger partial charge in [-0.2, -0.15) is 0 Å². The Hall–Kier alpha value is -1.76. The van der Waals surface area contributed by atoms with E-state index in [0.29, 0.717) is 19.2 Å². The van der Waals surface area contributed by atoms with E-state index < -0.39 is 23.9 Å². The van der Waals surface area contributed by atoms with Crippen molar-refractivity contribution < 1.29 is 23.9 Å². The Kier molecular flexibility index (Phi) is 10.9. The van der Waals surface area contributed by atoms with Gasteiger partial charge in [-0.1, -0.05) is 13.3 Å². The Balaban J connectivity index is 4.88. The predicted molar refractivity (Wildman–Crippen MR) is 86.5 cm³/mol. The van der Waals surface area contributed by atoms with E-state index in [1.807, 2.05) is 6.92 Å². The van der Waals surface area contributed by atoms with Crippen LogP contribution < -0.4 is 5.32 Å². The molecule has 7 heteroatoms. The van der Waals surface area contributed by atoms with Crippen molar-refractivity contribution in [2.24, 2.45) is 0 Å². The third-order valence-electron chi connectivity index (χ3n) is 3.00. The summed E-state index contributed by atoms with van der Waals surface area (Å²) in [5, 5.41) is 9.50. The van der Waals surface area contributed by atoms with Gasteiger partial charge in [0.1, 0.15) is 12.1 Å². The van der Waals surface area contributed by atoms with Gasteiger partial charge in [-0.15, -0.1) is 0 Å². The average molecular weight is 328 g/mol. The first-order valence-corrected chi connectivity index (χ1v) is 8.01. The average Bonchev–Trinajstić information content (AvgIpc) is 2.49. The molecule has 0 fully saturated rings. The van der Waals surface area contributed by atoms with Crippen molar-refractivity contribution in [2.45, 2.75) is 71.6 Å². The van der Waals surface area contributed by atoms with Gasteiger partial charge in [-0.3, -0.25) is 9.59 Å². The largest absolute Gasteiger partial charge is 0.461 e. The fourth-order valence-corrected chi connectivity index (χ4v) is 1.94. The topological polar surface area (TPSA) is 106 Å². The van der Waals surface area contributed by atoms with Crippen molar-refractivity contribution in [3.63, 3.8) is 0 Å². The number of amides is 1. The fraction of sp³-hybridized carbons (Fsp3) is 0.750. The van der Waals surface area contributed by atoms with Crippen molar-refractivity contribution in [1.29, 1.82) is 5.41 Å². The first kappa shape index (κ1) is 21.2. The summed E-state index contributed by atoms with van der Waals surface area (Å²) in [5.74, 6) is -1.38. The number of carbonyl (C=O) groups excluding carboxylic acids is 3. The maximum Gasteiger partial charge on any atom is 0.328 e. The molecule has 2 atom stereocenters. The van der Waals surface area contributed by atoms with E-state index in [1.165, 1.54) is 0 Å². The summed E-state index contributed by atoms with van der Waals surface area (Å²) in [4.78, 5) is 35.6. The molecule has 0 saturated carbocycles. The Morgan fingerprint density at radius 3 is 2.30 bits per heavy atom. The zero-order valence-corrected chi connectivity index (χ0v) is 14.4. The molecule has 0 heterocycles. The third-order valence-corrected chi connectivity index (χ3v) is 3.00. The summed E-state index contributed by atoms with van der Waals surface area (Å²) in [5.41, 5.74) is 0. The van der Waals surface area contributed by atoms with Crippen LogP contribution in [0.15, 0.2) is 0 Å². The molecular weight excluding hydrogens is 300 g/mol. The van der Waals surface area contributed by atoms with E-state index in [9.17, 15) is 14.4 Å². The minimum absolute atomic E-state index is 0.00524. The molecule has 0 aromatic carbocycles. The molecule has 1 amide bonds. The molecule has 0 aliphatic rings. The lowest BCUT2D eigenvalue weighted by Gasteiger charge is -2.22. The van der Waals surface area contributed by atoms with Gasteiger partial charge in [0.05, 0.1) is 12.3 Å². The van der Waals surface area contributed by atoms with Crippen LogP contribution in [0.4, 0.5) is 0 Å². The van der Waals surface area contributed by atoms with Gasteiger partial charge in [-0.05, 0) is 33.6 Å². The standard InChI is InChI=1S/C16H28N2O5/c1-5-7-14(22-6-2)15(20)18-13(9-8-12(19)10-17)16(21)23-11(3)4/h10-11,13-14,17H,5-9H2,1-4H3,(H,18,20)/t13-,14-/m0/s1. The van der Waals surface area contributed by atoms with Crippen molar-refractivity contribution in [2.75, 3.05) is 6.61 Å². The molecule has 0 rings (SSSR count). The SMILES string of the molecule is CCC[C@H](OCC)C(=O)N[C@@H](CCC(=O)C=N)C(=O)OC(C)C. The maximum absolute atomic E-state index is 12.3. The second-order valence-corrected chi connectivity index (χ2v) is 5.43. The molecule has 23 heavy (non-hydrogen) atoms. The summed E-state index contributed by atoms with van der Waals surface area (Å²) in [6.07, 6.45) is 1.16. The van der Waals surface area contributed by atoms with Crippen LogP contribution in [0.3, 0.4) is 0 Å². The van der Waals surface area contributed by atoms with E-state index in [4.69, 9.17) is 14.9 Å². The van der Waals surface area contributed by atoms with Crippen molar-refractivity contribution in [3.05, 3.63) is 0 Å². The highest BCUT2D eigenvalue weighted by Crippen LogP contribution is 2.07. The predicted octanol–water partition coefficient (Wildman–Crippen LogP) is 1.63. The van der Waals surface area contributed by atoms with E-state index in [1.54, 1.807) is 20.8 Å². The molecule has 0 radical (unpaired) electrons. The lowest BCUT2D eigenvalue weighted by molar-refractivity contribution is -0.153. The van der Waals surface area contributed by atoms with Crippen LogP contribution >= 0.6 is 0 Å². The minimum atomic E-state index is -0.923. The first-order valence-electron chi connectivity index (χ1n) is 8.01. The first-order chi connectivity index (χ1) is 10.8. The molecule has 0 bridgehead atoms. The maximum atomic E-state index is 12.3. The zero-order chi connectivity index (χ0) is 17.8. The summed E-state index contributed by atoms with van der Waals surface area (Å²) < 4.78 is 10.5. The van der Waals surface area contributed by atoms with Crippen LogP contribution in [0.2, 0.25) is 0 Å². The summed E-state index contributed by atoms with van der Waals surface area (Å²) in [6.45, 7) is 7.54. The highest BCUT2D eigenvalue weighted by molar-refractivity contribution is 6.26. The van der Waals surface area contributed by atoms with Crippen LogP contribution in [0.1, 0.15) is 53.4 Å². The fourth-order valence-electron chi connectivity index (χ4n) is 1.94. The number of hydrogen-bond donors (Lipinski definition) is 2. The number of esters is 1. The molecule has 0 spiro atoms. The molecule has 132 valence electrons. The summed E-state index contributed by atoms with van der Waals surface area (Å²) >= 11 is 0. The number of rotatable bonds is 12. The van der Waals surface area contributed by atoms with E-state index in [0.717, 1.165) is 6.42 Å². The molecule has 0 unspecified atom stereocenters. The van der Waals surface area contributed by atoms with Gasteiger partial charge in [0, 0.05) is 13.0 Å². The molecule has 0 aliphatic heterocycles. The third kappa shape index (κ3) is 9.07. The summed E-state index contributed by atoms with van der Waals surface area (Å²) in [7, 11) is 0. The molecular formula is C16H28N2O5. The van der Waals surface area contributed by atoms with Crippen LogP contribution in [-0.4, -0.2) is 48.7 Å². The Morgan fingerprint density at radius 1 is 1.17 bits per heavy atom. The van der Waals surface area contributed by atoms with Gasteiger partial charge in [-0.25, -0.2) is 4.79 Å². The normalized spacial score (nSPS) is 13.3. The lowest BCUT2D eigenvalue weighted by Crippen LogP contribution is -2.47. The van der Waals surface area contributed by atoms with E-state index in [-0.39, 0.29) is 24.9 Å². The monoisotopic (exact) mass is 328 g/mol. The second kappa shape index (κ2) is 11.8. The van der Waals surface area contributed by atoms with E-state index >= 15 is 0 Å². The summed E-state index contributed by atoms with van der Waals surface area (Å²) in [6, 6.07) is -0.923. The molecule has 0 saturated heterocycles. The van der Waals surface area contributed by atoms with Gasteiger partial charge < -0.3 is 20.2 Å². The quantitative estimate of drug-likeness (QED) is 0.418. The molecule has 2 N–H and O–H groups in total. The van der Waals surface area contributed by atoms with Gasteiger partial charge >= 0.3 is 5.97 Å². The Morgan fingerprint density at radius 2 is 1.83 bits per heavy atom. The second-order valence-electron chi connectivity index (χ2n) is 5.43.